The molecule has 0 atom stereocenters. The van der Waals surface area contributed by atoms with Gasteiger partial charge < -0.3 is 4.57 Å². The van der Waals surface area contributed by atoms with Crippen LogP contribution in [0.3, 0.4) is 0 Å². The Hall–Kier alpha value is -1.98. The highest BCUT2D eigenvalue weighted by molar-refractivity contribution is 8.18. The standard InChI is InChI=1S/C18H17ClN2O2S/c1-12(2)20-8-7-14(10-20)9-16-17(22)21(18(23)24-16)11-13-3-5-15(19)6-4-13/h3-10,12H,11H2,1-2H3/b16-9+. The Kier molecular flexibility index (Phi) is 4.83. The van der Waals surface area contributed by atoms with E-state index >= 15 is 0 Å². The minimum atomic E-state index is -0.253. The van der Waals surface area contributed by atoms with E-state index in [2.05, 4.69) is 18.4 Å². The highest BCUT2D eigenvalue weighted by atomic mass is 35.5. The van der Waals surface area contributed by atoms with E-state index in [1.807, 2.05) is 30.6 Å². The molecule has 1 aliphatic heterocycles. The second-order valence-corrected chi connectivity index (χ2v) is 7.31. The van der Waals surface area contributed by atoms with Crippen LogP contribution in [0.4, 0.5) is 4.79 Å². The number of aromatic nitrogens is 1. The molecule has 1 saturated heterocycles. The molecule has 1 fully saturated rings. The molecule has 0 aliphatic carbocycles. The van der Waals surface area contributed by atoms with Crippen LogP contribution in [0.5, 0.6) is 0 Å². The molecule has 1 aromatic heterocycles. The third-order valence-electron chi connectivity index (χ3n) is 3.76. The van der Waals surface area contributed by atoms with Gasteiger partial charge in [0.2, 0.25) is 0 Å². The molecule has 2 amide bonds. The molecule has 6 heteroatoms. The first-order chi connectivity index (χ1) is 11.4. The van der Waals surface area contributed by atoms with Crippen LogP contribution in [-0.2, 0) is 11.3 Å². The number of thioether (sulfide) groups is 1. The molecule has 3 rings (SSSR count). The number of halogens is 1. The molecular weight excluding hydrogens is 344 g/mol. The Bertz CT molecular complexity index is 809. The van der Waals surface area contributed by atoms with E-state index < -0.39 is 0 Å². The van der Waals surface area contributed by atoms with Gasteiger partial charge in [-0.15, -0.1) is 0 Å². The fraction of sp³-hybridized carbons (Fsp3) is 0.222. The van der Waals surface area contributed by atoms with Gasteiger partial charge in [0.05, 0.1) is 11.4 Å². The lowest BCUT2D eigenvalue weighted by Crippen LogP contribution is -2.27. The first kappa shape index (κ1) is 16.9. The molecule has 2 aromatic rings. The Balaban J connectivity index is 1.77. The molecule has 1 aliphatic rings. The molecule has 24 heavy (non-hydrogen) atoms. The number of carbonyl (C=O) groups is 2. The average molecular weight is 361 g/mol. The number of carbonyl (C=O) groups excluding carboxylic acids is 2. The van der Waals surface area contributed by atoms with Crippen LogP contribution < -0.4 is 0 Å². The van der Waals surface area contributed by atoms with Gasteiger partial charge in [0.1, 0.15) is 0 Å². The molecule has 0 radical (unpaired) electrons. The van der Waals surface area contributed by atoms with Crippen LogP contribution in [0.15, 0.2) is 47.6 Å². The number of nitrogens with zero attached hydrogens (tertiary/aromatic N) is 2. The topological polar surface area (TPSA) is 42.3 Å². The second kappa shape index (κ2) is 6.87. The summed E-state index contributed by atoms with van der Waals surface area (Å²) in [4.78, 5) is 26.4. The molecule has 0 bridgehead atoms. The molecule has 124 valence electrons. The maximum atomic E-state index is 12.5. The van der Waals surface area contributed by atoms with Crippen LogP contribution in [0.1, 0.15) is 31.0 Å². The average Bonchev–Trinajstić information content (AvgIpc) is 3.10. The quantitative estimate of drug-likeness (QED) is 0.724. The van der Waals surface area contributed by atoms with Crippen molar-refractivity contribution in [3.63, 3.8) is 0 Å². The SMILES string of the molecule is CC(C)n1ccc(/C=C2/SC(=O)N(Cc3ccc(Cl)cc3)C2=O)c1. The number of amides is 2. The number of hydrogen-bond acceptors (Lipinski definition) is 3. The molecular formula is C18H17ClN2O2S. The van der Waals surface area contributed by atoms with E-state index in [-0.39, 0.29) is 17.7 Å². The summed E-state index contributed by atoms with van der Waals surface area (Å²) in [6, 6.07) is 9.43. The lowest BCUT2D eigenvalue weighted by Gasteiger charge is -2.12. The van der Waals surface area contributed by atoms with Crippen molar-refractivity contribution in [1.29, 1.82) is 0 Å². The van der Waals surface area contributed by atoms with Gasteiger partial charge in [0.25, 0.3) is 11.1 Å². The van der Waals surface area contributed by atoms with E-state index in [9.17, 15) is 9.59 Å². The Morgan fingerprint density at radius 2 is 1.88 bits per heavy atom. The van der Waals surface area contributed by atoms with Crippen LogP contribution in [0, 0.1) is 0 Å². The molecule has 1 aromatic carbocycles. The van der Waals surface area contributed by atoms with E-state index in [0.717, 1.165) is 22.9 Å². The summed E-state index contributed by atoms with van der Waals surface area (Å²) < 4.78 is 2.06. The fourth-order valence-electron chi connectivity index (χ4n) is 2.40. The van der Waals surface area contributed by atoms with Crippen molar-refractivity contribution in [2.75, 3.05) is 0 Å². The van der Waals surface area contributed by atoms with E-state index in [4.69, 9.17) is 11.6 Å². The molecule has 0 spiro atoms. The minimum absolute atomic E-state index is 0.246. The normalized spacial score (nSPS) is 16.7. The summed E-state index contributed by atoms with van der Waals surface area (Å²) in [5, 5.41) is 0.381. The van der Waals surface area contributed by atoms with Crippen molar-refractivity contribution < 1.29 is 9.59 Å². The van der Waals surface area contributed by atoms with Crippen molar-refractivity contribution in [3.05, 3.63) is 63.8 Å². The van der Waals surface area contributed by atoms with Crippen molar-refractivity contribution in [3.8, 4) is 0 Å². The van der Waals surface area contributed by atoms with Gasteiger partial charge in [0.15, 0.2) is 0 Å². The highest BCUT2D eigenvalue weighted by Gasteiger charge is 2.34. The maximum absolute atomic E-state index is 12.5. The Morgan fingerprint density at radius 3 is 2.50 bits per heavy atom. The largest absolute Gasteiger partial charge is 0.351 e. The summed E-state index contributed by atoms with van der Waals surface area (Å²) >= 11 is 6.84. The highest BCUT2D eigenvalue weighted by Crippen LogP contribution is 2.33. The number of rotatable bonds is 4. The summed E-state index contributed by atoms with van der Waals surface area (Å²) in [6.45, 7) is 4.43. The van der Waals surface area contributed by atoms with Crippen molar-refractivity contribution in [1.82, 2.24) is 9.47 Å². The van der Waals surface area contributed by atoms with E-state index in [1.165, 1.54) is 4.90 Å². The summed E-state index contributed by atoms with van der Waals surface area (Å²) in [5.74, 6) is -0.253. The fourth-order valence-corrected chi connectivity index (χ4v) is 3.36. The summed E-state index contributed by atoms with van der Waals surface area (Å²) in [7, 11) is 0. The zero-order valence-electron chi connectivity index (χ0n) is 13.4. The summed E-state index contributed by atoms with van der Waals surface area (Å²) in [5.41, 5.74) is 1.79. The van der Waals surface area contributed by atoms with Gasteiger partial charge in [-0.25, -0.2) is 0 Å². The zero-order chi connectivity index (χ0) is 17.3. The maximum Gasteiger partial charge on any atom is 0.293 e. The Labute approximate surface area is 150 Å². The molecule has 0 saturated carbocycles. The first-order valence-electron chi connectivity index (χ1n) is 7.61. The van der Waals surface area contributed by atoms with Crippen molar-refractivity contribution in [2.45, 2.75) is 26.4 Å². The lowest BCUT2D eigenvalue weighted by molar-refractivity contribution is -0.123. The smallest absolute Gasteiger partial charge is 0.293 e. The van der Waals surface area contributed by atoms with Gasteiger partial charge in [-0.2, -0.15) is 0 Å². The van der Waals surface area contributed by atoms with Crippen molar-refractivity contribution >= 4 is 40.6 Å². The predicted molar refractivity (Wildman–Crippen MR) is 97.8 cm³/mol. The van der Waals surface area contributed by atoms with Crippen LogP contribution in [0.25, 0.3) is 6.08 Å². The third-order valence-corrected chi connectivity index (χ3v) is 4.92. The minimum Gasteiger partial charge on any atom is -0.351 e. The number of benzene rings is 1. The van der Waals surface area contributed by atoms with Gasteiger partial charge in [-0.3, -0.25) is 14.5 Å². The van der Waals surface area contributed by atoms with Gasteiger partial charge in [-0.1, -0.05) is 23.7 Å². The monoisotopic (exact) mass is 360 g/mol. The molecule has 0 N–H and O–H groups in total. The molecule has 2 heterocycles. The summed E-state index contributed by atoms with van der Waals surface area (Å²) in [6.07, 6.45) is 5.71. The molecule has 4 nitrogen and oxygen atoms in total. The van der Waals surface area contributed by atoms with Gasteiger partial charge in [0, 0.05) is 23.5 Å². The van der Waals surface area contributed by atoms with Gasteiger partial charge in [-0.05, 0) is 61.0 Å². The van der Waals surface area contributed by atoms with Crippen molar-refractivity contribution in [2.24, 2.45) is 0 Å². The van der Waals surface area contributed by atoms with Crippen LogP contribution in [-0.4, -0.2) is 20.6 Å². The van der Waals surface area contributed by atoms with Crippen LogP contribution >= 0.6 is 23.4 Å². The second-order valence-electron chi connectivity index (χ2n) is 5.88. The number of hydrogen-bond donors (Lipinski definition) is 0. The van der Waals surface area contributed by atoms with Crippen LogP contribution in [0.2, 0.25) is 5.02 Å². The zero-order valence-corrected chi connectivity index (χ0v) is 15.0. The molecule has 0 unspecified atom stereocenters. The number of imide groups is 1. The Morgan fingerprint density at radius 1 is 1.17 bits per heavy atom. The van der Waals surface area contributed by atoms with Gasteiger partial charge >= 0.3 is 0 Å². The van der Waals surface area contributed by atoms with E-state index in [1.54, 1.807) is 18.2 Å². The van der Waals surface area contributed by atoms with E-state index in [0.29, 0.717) is 16.0 Å². The lowest BCUT2D eigenvalue weighted by atomic mass is 10.2. The first-order valence-corrected chi connectivity index (χ1v) is 8.81. The third kappa shape index (κ3) is 3.57. The predicted octanol–water partition coefficient (Wildman–Crippen LogP) is 4.96.